The summed E-state index contributed by atoms with van der Waals surface area (Å²) in [7, 11) is 0. The van der Waals surface area contributed by atoms with E-state index in [1.807, 2.05) is 27.7 Å². The molecule has 32 heavy (non-hydrogen) atoms. The van der Waals surface area contributed by atoms with E-state index in [0.29, 0.717) is 38.6 Å². The summed E-state index contributed by atoms with van der Waals surface area (Å²) < 4.78 is 17.2. The third-order valence-electron chi connectivity index (χ3n) is 3.93. The van der Waals surface area contributed by atoms with Gasteiger partial charge in [0.15, 0.2) is 5.13 Å². The summed E-state index contributed by atoms with van der Waals surface area (Å²) in [4.78, 5) is 28.3. The Bertz CT molecular complexity index is 1080. The number of anilines is 1. The van der Waals surface area contributed by atoms with Crippen molar-refractivity contribution in [2.45, 2.75) is 39.9 Å². The molecule has 0 unspecified atom stereocenters. The van der Waals surface area contributed by atoms with Crippen LogP contribution in [-0.4, -0.2) is 29.0 Å². The Morgan fingerprint density at radius 2 is 1.56 bits per heavy atom. The minimum absolute atomic E-state index is 0.0491. The van der Waals surface area contributed by atoms with E-state index in [1.165, 1.54) is 12.3 Å². The lowest BCUT2D eigenvalue weighted by Crippen LogP contribution is -2.14. The molecule has 168 valence electrons. The number of hydrogen-bond acceptors (Lipinski definition) is 7. The molecule has 0 saturated heterocycles. The molecule has 9 heteroatoms. The third kappa shape index (κ3) is 6.45. The van der Waals surface area contributed by atoms with Gasteiger partial charge in [-0.05, 0) is 58.0 Å². The van der Waals surface area contributed by atoms with Crippen molar-refractivity contribution in [2.75, 3.05) is 5.32 Å². The van der Waals surface area contributed by atoms with Gasteiger partial charge in [-0.25, -0.2) is 4.98 Å². The zero-order chi connectivity index (χ0) is 23.3. The van der Waals surface area contributed by atoms with Gasteiger partial charge in [0.2, 0.25) is 11.0 Å². The van der Waals surface area contributed by atoms with Crippen molar-refractivity contribution >= 4 is 28.3 Å². The van der Waals surface area contributed by atoms with Crippen LogP contribution < -0.4 is 25.3 Å². The quantitative estimate of drug-likeness (QED) is 0.476. The first-order chi connectivity index (χ1) is 15.2. The van der Waals surface area contributed by atoms with Crippen LogP contribution in [0.5, 0.6) is 22.3 Å². The number of aromatic nitrogens is 1. The smallest absolute Gasteiger partial charge is 0.257 e. The van der Waals surface area contributed by atoms with Crippen LogP contribution in [0.4, 0.5) is 5.13 Å². The number of amides is 2. The molecule has 0 aliphatic heterocycles. The summed E-state index contributed by atoms with van der Waals surface area (Å²) in [6.07, 6.45) is 1.39. The Kier molecular flexibility index (Phi) is 7.32. The molecule has 0 fully saturated rings. The van der Waals surface area contributed by atoms with E-state index in [0.717, 1.165) is 11.3 Å². The highest BCUT2D eigenvalue weighted by molar-refractivity contribution is 7.17. The van der Waals surface area contributed by atoms with Gasteiger partial charge in [0.25, 0.3) is 5.91 Å². The second-order valence-corrected chi connectivity index (χ2v) is 8.45. The van der Waals surface area contributed by atoms with Gasteiger partial charge in [-0.1, -0.05) is 17.4 Å². The topological polar surface area (TPSA) is 113 Å². The average molecular weight is 456 g/mol. The van der Waals surface area contributed by atoms with Crippen molar-refractivity contribution < 1.29 is 23.8 Å². The normalized spacial score (nSPS) is 10.8. The van der Waals surface area contributed by atoms with Crippen LogP contribution in [0.3, 0.4) is 0 Å². The van der Waals surface area contributed by atoms with Crippen LogP contribution in [0, 0.1) is 0 Å². The maximum atomic E-state index is 12.8. The van der Waals surface area contributed by atoms with Gasteiger partial charge < -0.3 is 19.9 Å². The molecule has 1 aromatic heterocycles. The summed E-state index contributed by atoms with van der Waals surface area (Å²) >= 11 is 1.15. The predicted octanol–water partition coefficient (Wildman–Crippen LogP) is 4.86. The van der Waals surface area contributed by atoms with Gasteiger partial charge in [0.1, 0.15) is 17.2 Å². The van der Waals surface area contributed by atoms with E-state index < -0.39 is 5.91 Å². The van der Waals surface area contributed by atoms with Crippen molar-refractivity contribution in [1.82, 2.24) is 4.98 Å². The molecule has 0 saturated carbocycles. The molecule has 0 aliphatic carbocycles. The fraction of sp³-hybridized carbons (Fsp3) is 0.261. The van der Waals surface area contributed by atoms with Crippen LogP contribution in [0.25, 0.3) is 0 Å². The van der Waals surface area contributed by atoms with Crippen LogP contribution in [-0.2, 0) is 0 Å². The molecule has 0 atom stereocenters. The summed E-state index contributed by atoms with van der Waals surface area (Å²) in [5.74, 6) is 0.625. The second-order valence-electron chi connectivity index (χ2n) is 7.46. The summed E-state index contributed by atoms with van der Waals surface area (Å²) in [5, 5.41) is 3.56. The number of carbonyl (C=O) groups excluding carboxylic acids is 2. The van der Waals surface area contributed by atoms with Gasteiger partial charge >= 0.3 is 0 Å². The summed E-state index contributed by atoms with van der Waals surface area (Å²) in [6, 6.07) is 11.6. The van der Waals surface area contributed by atoms with Crippen molar-refractivity contribution in [3.8, 4) is 22.3 Å². The zero-order valence-electron chi connectivity index (χ0n) is 18.2. The first kappa shape index (κ1) is 23.1. The Balaban J connectivity index is 1.74. The minimum atomic E-state index is -0.544. The van der Waals surface area contributed by atoms with E-state index in [4.69, 9.17) is 19.9 Å². The molecule has 0 bridgehead atoms. The van der Waals surface area contributed by atoms with E-state index in [1.54, 1.807) is 36.4 Å². The van der Waals surface area contributed by atoms with Gasteiger partial charge in [-0.15, -0.1) is 0 Å². The van der Waals surface area contributed by atoms with Crippen molar-refractivity contribution in [3.05, 3.63) is 59.8 Å². The molecular weight excluding hydrogens is 430 g/mol. The molecule has 3 aromatic rings. The summed E-state index contributed by atoms with van der Waals surface area (Å²) in [5.41, 5.74) is 6.01. The maximum absolute atomic E-state index is 12.8. The Morgan fingerprint density at radius 1 is 0.938 bits per heavy atom. The van der Waals surface area contributed by atoms with Crippen molar-refractivity contribution in [3.63, 3.8) is 0 Å². The molecule has 0 spiro atoms. The van der Waals surface area contributed by atoms with Gasteiger partial charge in [-0.2, -0.15) is 0 Å². The lowest BCUT2D eigenvalue weighted by Gasteiger charge is -2.15. The number of hydrogen-bond donors (Lipinski definition) is 2. The Labute approximate surface area is 190 Å². The molecule has 0 aliphatic rings. The fourth-order valence-electron chi connectivity index (χ4n) is 2.75. The number of nitrogens with one attached hydrogen (secondary N) is 1. The number of nitrogens with zero attached hydrogens (tertiary/aromatic N) is 1. The van der Waals surface area contributed by atoms with E-state index in [-0.39, 0.29) is 18.1 Å². The van der Waals surface area contributed by atoms with Crippen LogP contribution in [0.15, 0.2) is 48.7 Å². The van der Waals surface area contributed by atoms with Gasteiger partial charge in [0, 0.05) is 17.2 Å². The highest BCUT2D eigenvalue weighted by Gasteiger charge is 2.15. The first-order valence-corrected chi connectivity index (χ1v) is 10.8. The molecule has 8 nitrogen and oxygen atoms in total. The number of thiazole rings is 1. The fourth-order valence-corrected chi connectivity index (χ4v) is 3.43. The third-order valence-corrected chi connectivity index (χ3v) is 4.72. The Hall–Kier alpha value is -3.59. The zero-order valence-corrected chi connectivity index (χ0v) is 19.1. The molecule has 3 rings (SSSR count). The highest BCUT2D eigenvalue weighted by atomic mass is 32.1. The average Bonchev–Trinajstić information content (AvgIpc) is 3.13. The second kappa shape index (κ2) is 10.1. The maximum Gasteiger partial charge on any atom is 0.257 e. The van der Waals surface area contributed by atoms with E-state index in [9.17, 15) is 9.59 Å². The van der Waals surface area contributed by atoms with Crippen LogP contribution in [0.2, 0.25) is 0 Å². The number of ether oxygens (including phenoxy) is 3. The SMILES string of the molecule is CC(C)Oc1cc(OC(C)C)cc(C(=O)Nc2ncc(Oc3cccc(C(N)=O)c3)s2)c1. The number of benzene rings is 2. The minimum Gasteiger partial charge on any atom is -0.491 e. The van der Waals surface area contributed by atoms with Gasteiger partial charge in [-0.3, -0.25) is 14.9 Å². The standard InChI is InChI=1S/C23H25N3O5S/c1-13(2)29-18-9-16(10-19(11-18)30-14(3)4)22(28)26-23-25-12-20(32-23)31-17-7-5-6-15(8-17)21(24)27/h5-14H,1-4H3,(H2,24,27)(H,25,26,28). The molecular formula is C23H25N3O5S. The first-order valence-electron chi connectivity index (χ1n) is 10.0. The van der Waals surface area contributed by atoms with E-state index >= 15 is 0 Å². The number of rotatable bonds is 9. The van der Waals surface area contributed by atoms with Gasteiger partial charge in [0.05, 0.1) is 18.4 Å². The van der Waals surface area contributed by atoms with Crippen molar-refractivity contribution in [2.24, 2.45) is 5.73 Å². The van der Waals surface area contributed by atoms with Crippen LogP contribution >= 0.6 is 11.3 Å². The largest absolute Gasteiger partial charge is 0.491 e. The number of primary amides is 1. The molecule has 1 heterocycles. The monoisotopic (exact) mass is 455 g/mol. The van der Waals surface area contributed by atoms with E-state index in [2.05, 4.69) is 10.3 Å². The molecule has 0 radical (unpaired) electrons. The molecule has 3 N–H and O–H groups in total. The number of nitrogens with two attached hydrogens (primary N) is 1. The Morgan fingerprint density at radius 3 is 2.16 bits per heavy atom. The number of carbonyl (C=O) groups is 2. The van der Waals surface area contributed by atoms with Crippen molar-refractivity contribution in [1.29, 1.82) is 0 Å². The summed E-state index contributed by atoms with van der Waals surface area (Å²) in [6.45, 7) is 7.63. The van der Waals surface area contributed by atoms with Crippen LogP contribution in [0.1, 0.15) is 48.4 Å². The highest BCUT2D eigenvalue weighted by Crippen LogP contribution is 2.31. The lowest BCUT2D eigenvalue weighted by atomic mass is 10.2. The molecule has 2 aromatic carbocycles. The predicted molar refractivity (Wildman–Crippen MR) is 123 cm³/mol. The molecule has 2 amide bonds. The lowest BCUT2D eigenvalue weighted by molar-refractivity contribution is 0.0997.